The second-order valence-electron chi connectivity index (χ2n) is 6.19. The second-order valence-corrected chi connectivity index (χ2v) is 7.35. The molecule has 0 spiro atoms. The lowest BCUT2D eigenvalue weighted by Gasteiger charge is -2.34. The van der Waals surface area contributed by atoms with Gasteiger partial charge in [0.15, 0.2) is 0 Å². The summed E-state index contributed by atoms with van der Waals surface area (Å²) in [6.45, 7) is 6.09. The highest BCUT2D eigenvalue weighted by atomic mass is 32.1. The van der Waals surface area contributed by atoms with Crippen molar-refractivity contribution in [1.29, 1.82) is 0 Å². The molecule has 2 fully saturated rings. The number of carbonyl (C=O) groups excluding carboxylic acids is 1. The first-order valence-corrected chi connectivity index (χ1v) is 8.86. The highest BCUT2D eigenvalue weighted by Gasteiger charge is 2.32. The van der Waals surface area contributed by atoms with Gasteiger partial charge in [-0.25, -0.2) is 0 Å². The zero-order chi connectivity index (χ0) is 14.8. The Hall–Kier alpha value is -0.910. The summed E-state index contributed by atoms with van der Waals surface area (Å²) in [4.78, 5) is 19.3. The molecule has 116 valence electrons. The Morgan fingerprint density at radius 1 is 1.29 bits per heavy atom. The summed E-state index contributed by atoms with van der Waals surface area (Å²) in [5.41, 5.74) is 5.97. The third-order valence-electron chi connectivity index (χ3n) is 4.76. The van der Waals surface area contributed by atoms with Gasteiger partial charge in [0.2, 0.25) is 0 Å². The molecule has 4 nitrogen and oxygen atoms in total. The third-order valence-corrected chi connectivity index (χ3v) is 5.98. The van der Waals surface area contributed by atoms with Gasteiger partial charge in [-0.3, -0.25) is 9.69 Å². The minimum atomic E-state index is 0.218. The van der Waals surface area contributed by atoms with E-state index in [1.165, 1.54) is 4.88 Å². The van der Waals surface area contributed by atoms with Crippen LogP contribution in [-0.4, -0.2) is 54.0 Å². The molecule has 1 aromatic heterocycles. The van der Waals surface area contributed by atoms with Crippen molar-refractivity contribution in [2.24, 2.45) is 5.73 Å². The van der Waals surface area contributed by atoms with Crippen LogP contribution in [0.1, 0.15) is 40.7 Å². The van der Waals surface area contributed by atoms with Crippen LogP contribution in [0.3, 0.4) is 0 Å². The SMILES string of the molecule is CCc1ccc(C(=O)N2CCC(N3CCC(N)CC3)C2)s1. The number of rotatable bonds is 3. The molecule has 5 heteroatoms. The number of nitrogens with zero attached hydrogens (tertiary/aromatic N) is 2. The topological polar surface area (TPSA) is 49.6 Å². The molecule has 1 atom stereocenters. The van der Waals surface area contributed by atoms with E-state index in [1.54, 1.807) is 11.3 Å². The molecule has 2 saturated heterocycles. The average Bonchev–Trinajstić information content (AvgIpc) is 3.16. The van der Waals surface area contributed by atoms with Gasteiger partial charge in [-0.2, -0.15) is 0 Å². The van der Waals surface area contributed by atoms with Crippen molar-refractivity contribution in [3.8, 4) is 0 Å². The standard InChI is InChI=1S/C16H25N3OS/c1-2-14-3-4-15(21-14)16(20)19-10-7-13(11-19)18-8-5-12(17)6-9-18/h3-4,12-13H,2,5-11,17H2,1H3. The lowest BCUT2D eigenvalue weighted by atomic mass is 10.0. The molecule has 0 saturated carbocycles. The highest BCUT2D eigenvalue weighted by molar-refractivity contribution is 7.14. The number of thiophene rings is 1. The summed E-state index contributed by atoms with van der Waals surface area (Å²) >= 11 is 1.64. The molecule has 21 heavy (non-hydrogen) atoms. The van der Waals surface area contributed by atoms with E-state index in [9.17, 15) is 4.79 Å². The van der Waals surface area contributed by atoms with Crippen LogP contribution in [0.25, 0.3) is 0 Å². The average molecular weight is 307 g/mol. The van der Waals surface area contributed by atoms with E-state index in [4.69, 9.17) is 5.73 Å². The van der Waals surface area contributed by atoms with Crippen molar-refractivity contribution >= 4 is 17.2 Å². The Morgan fingerprint density at radius 2 is 2.05 bits per heavy atom. The van der Waals surface area contributed by atoms with Gasteiger partial charge in [0.05, 0.1) is 4.88 Å². The van der Waals surface area contributed by atoms with Gasteiger partial charge >= 0.3 is 0 Å². The number of nitrogens with two attached hydrogens (primary N) is 1. The first-order valence-electron chi connectivity index (χ1n) is 8.05. The molecule has 0 bridgehead atoms. The molecule has 3 rings (SSSR count). The fraction of sp³-hybridized carbons (Fsp3) is 0.688. The highest BCUT2D eigenvalue weighted by Crippen LogP contribution is 2.24. The van der Waals surface area contributed by atoms with E-state index in [0.29, 0.717) is 12.1 Å². The monoisotopic (exact) mass is 307 g/mol. The van der Waals surface area contributed by atoms with Crippen LogP contribution in [0.2, 0.25) is 0 Å². The first-order chi connectivity index (χ1) is 10.2. The zero-order valence-corrected chi connectivity index (χ0v) is 13.6. The summed E-state index contributed by atoms with van der Waals surface area (Å²) < 4.78 is 0. The van der Waals surface area contributed by atoms with Crippen molar-refractivity contribution < 1.29 is 4.79 Å². The Kier molecular flexibility index (Phi) is 4.62. The molecular formula is C16H25N3OS. The largest absolute Gasteiger partial charge is 0.336 e. The maximum absolute atomic E-state index is 12.6. The van der Waals surface area contributed by atoms with E-state index in [2.05, 4.69) is 17.9 Å². The molecule has 0 radical (unpaired) electrons. The predicted molar refractivity (Wildman–Crippen MR) is 86.8 cm³/mol. The minimum absolute atomic E-state index is 0.218. The summed E-state index contributed by atoms with van der Waals surface area (Å²) in [5.74, 6) is 0.218. The van der Waals surface area contributed by atoms with Crippen molar-refractivity contribution in [2.45, 2.75) is 44.7 Å². The number of hydrogen-bond donors (Lipinski definition) is 1. The smallest absolute Gasteiger partial charge is 0.263 e. The predicted octanol–water partition coefficient (Wildman–Crippen LogP) is 1.95. The Bertz CT molecular complexity index is 493. The van der Waals surface area contributed by atoms with Gasteiger partial charge in [0, 0.05) is 30.1 Å². The molecule has 0 aromatic carbocycles. The molecule has 0 aliphatic carbocycles. The number of amides is 1. The Balaban J connectivity index is 1.57. The Morgan fingerprint density at radius 3 is 2.71 bits per heavy atom. The lowest BCUT2D eigenvalue weighted by molar-refractivity contribution is 0.0774. The molecular weight excluding hydrogens is 282 g/mol. The van der Waals surface area contributed by atoms with Crippen molar-refractivity contribution in [1.82, 2.24) is 9.80 Å². The maximum Gasteiger partial charge on any atom is 0.263 e. The van der Waals surface area contributed by atoms with Crippen molar-refractivity contribution in [3.63, 3.8) is 0 Å². The number of aryl methyl sites for hydroxylation is 1. The molecule has 2 aliphatic heterocycles. The van der Waals surface area contributed by atoms with Gasteiger partial charge in [-0.15, -0.1) is 11.3 Å². The number of carbonyl (C=O) groups is 1. The van der Waals surface area contributed by atoms with Gasteiger partial charge in [-0.1, -0.05) is 6.92 Å². The van der Waals surface area contributed by atoms with Crippen LogP contribution < -0.4 is 5.73 Å². The van der Waals surface area contributed by atoms with Crippen LogP contribution in [-0.2, 0) is 6.42 Å². The van der Waals surface area contributed by atoms with Gasteiger partial charge in [-0.05, 0) is 50.9 Å². The Labute approximate surface area is 130 Å². The van der Waals surface area contributed by atoms with E-state index >= 15 is 0 Å². The van der Waals surface area contributed by atoms with Crippen molar-refractivity contribution in [2.75, 3.05) is 26.2 Å². The van der Waals surface area contributed by atoms with E-state index in [0.717, 1.165) is 56.7 Å². The molecule has 3 heterocycles. The summed E-state index contributed by atoms with van der Waals surface area (Å²) in [6.07, 6.45) is 4.30. The summed E-state index contributed by atoms with van der Waals surface area (Å²) in [7, 11) is 0. The summed E-state index contributed by atoms with van der Waals surface area (Å²) in [5, 5.41) is 0. The molecule has 2 aliphatic rings. The lowest BCUT2D eigenvalue weighted by Crippen LogP contribution is -2.46. The van der Waals surface area contributed by atoms with E-state index in [1.807, 2.05) is 11.0 Å². The van der Waals surface area contributed by atoms with E-state index in [-0.39, 0.29) is 5.91 Å². The minimum Gasteiger partial charge on any atom is -0.336 e. The molecule has 2 N–H and O–H groups in total. The van der Waals surface area contributed by atoms with Crippen LogP contribution in [0, 0.1) is 0 Å². The number of hydrogen-bond acceptors (Lipinski definition) is 4. The van der Waals surface area contributed by atoms with Gasteiger partial charge in [0.25, 0.3) is 5.91 Å². The maximum atomic E-state index is 12.6. The number of likely N-dealkylation sites (tertiary alicyclic amines) is 2. The summed E-state index contributed by atoms with van der Waals surface area (Å²) in [6, 6.07) is 4.97. The second kappa shape index (κ2) is 6.46. The molecule has 1 amide bonds. The van der Waals surface area contributed by atoms with Gasteiger partial charge in [0.1, 0.15) is 0 Å². The van der Waals surface area contributed by atoms with E-state index < -0.39 is 0 Å². The molecule has 1 aromatic rings. The van der Waals surface area contributed by atoms with Crippen LogP contribution >= 0.6 is 11.3 Å². The molecule has 1 unspecified atom stereocenters. The zero-order valence-electron chi connectivity index (χ0n) is 12.8. The van der Waals surface area contributed by atoms with Gasteiger partial charge < -0.3 is 10.6 Å². The fourth-order valence-corrected chi connectivity index (χ4v) is 4.26. The van der Waals surface area contributed by atoms with Crippen molar-refractivity contribution in [3.05, 3.63) is 21.9 Å². The normalized spacial score (nSPS) is 24.7. The number of piperidine rings is 1. The first kappa shape index (κ1) is 15.0. The van der Waals surface area contributed by atoms with Crippen LogP contribution in [0.4, 0.5) is 0 Å². The quantitative estimate of drug-likeness (QED) is 0.928. The third kappa shape index (κ3) is 3.30. The van der Waals surface area contributed by atoms with Crippen LogP contribution in [0.15, 0.2) is 12.1 Å². The fourth-order valence-electron chi connectivity index (χ4n) is 3.35. The van der Waals surface area contributed by atoms with Crippen LogP contribution in [0.5, 0.6) is 0 Å².